The van der Waals surface area contributed by atoms with Gasteiger partial charge in [-0.15, -0.1) is 0 Å². The van der Waals surface area contributed by atoms with Gasteiger partial charge >= 0.3 is 0 Å². The first-order chi connectivity index (χ1) is 15.3. The quantitative estimate of drug-likeness (QED) is 0.566. The summed E-state index contributed by atoms with van der Waals surface area (Å²) in [6.45, 7) is 3.39. The Morgan fingerprint density at radius 3 is 2.69 bits per heavy atom. The van der Waals surface area contributed by atoms with Crippen LogP contribution >= 0.6 is 0 Å². The van der Waals surface area contributed by atoms with E-state index in [0.717, 1.165) is 18.4 Å². The number of hydrogen-bond acceptors (Lipinski definition) is 3. The van der Waals surface area contributed by atoms with Gasteiger partial charge in [0.25, 0.3) is 0 Å². The maximum atomic E-state index is 13.6. The van der Waals surface area contributed by atoms with E-state index in [-0.39, 0.29) is 23.0 Å². The number of halogens is 1. The summed E-state index contributed by atoms with van der Waals surface area (Å²) in [5, 5.41) is 0.572. The van der Waals surface area contributed by atoms with Crippen molar-refractivity contribution in [3.63, 3.8) is 0 Å². The monoisotopic (exact) mass is 457 g/mol. The molecule has 3 aromatic rings. The minimum atomic E-state index is -3.95. The number of sulfonamides is 1. The fraction of sp³-hybridized carbons (Fsp3) is 0.375. The van der Waals surface area contributed by atoms with E-state index in [0.29, 0.717) is 36.3 Å². The van der Waals surface area contributed by atoms with Crippen molar-refractivity contribution < 1.29 is 17.6 Å². The summed E-state index contributed by atoms with van der Waals surface area (Å²) in [5.41, 5.74) is 1.43. The molecule has 1 aromatic heterocycles. The Kier molecular flexibility index (Phi) is 6.62. The van der Waals surface area contributed by atoms with Crippen LogP contribution in [0.4, 0.5) is 4.39 Å². The van der Waals surface area contributed by atoms with Crippen molar-refractivity contribution in [3.8, 4) is 0 Å². The summed E-state index contributed by atoms with van der Waals surface area (Å²) in [4.78, 5) is 18.2. The van der Waals surface area contributed by atoms with Crippen molar-refractivity contribution in [1.82, 2.24) is 14.6 Å². The summed E-state index contributed by atoms with van der Waals surface area (Å²) in [6, 6.07) is 12.0. The molecule has 1 unspecified atom stereocenters. The molecule has 1 saturated heterocycles. The number of likely N-dealkylation sites (tertiary alicyclic amines) is 1. The summed E-state index contributed by atoms with van der Waals surface area (Å²) < 4.78 is 42.9. The maximum Gasteiger partial charge on any atom is 0.241 e. The molecule has 0 saturated carbocycles. The van der Waals surface area contributed by atoms with Crippen LogP contribution in [0.25, 0.3) is 10.9 Å². The molecule has 1 amide bonds. The van der Waals surface area contributed by atoms with Gasteiger partial charge < -0.3 is 9.88 Å². The van der Waals surface area contributed by atoms with Crippen LogP contribution in [0.2, 0.25) is 0 Å². The van der Waals surface area contributed by atoms with Crippen LogP contribution in [0.5, 0.6) is 0 Å². The van der Waals surface area contributed by atoms with Crippen LogP contribution in [0.3, 0.4) is 0 Å². The largest absolute Gasteiger partial charge is 0.361 e. The summed E-state index contributed by atoms with van der Waals surface area (Å²) >= 11 is 0. The predicted molar refractivity (Wildman–Crippen MR) is 122 cm³/mol. The van der Waals surface area contributed by atoms with Crippen molar-refractivity contribution in [2.75, 3.05) is 13.1 Å². The number of nitrogens with one attached hydrogen (secondary N) is 2. The fourth-order valence-electron chi connectivity index (χ4n) is 4.23. The number of benzene rings is 2. The Morgan fingerprint density at radius 1 is 1.19 bits per heavy atom. The molecule has 0 bridgehead atoms. The number of nitrogens with zero attached hydrogens (tertiary/aromatic N) is 1. The summed E-state index contributed by atoms with van der Waals surface area (Å²) in [5.74, 6) is -0.0269. The number of H-pyrrole nitrogens is 1. The van der Waals surface area contributed by atoms with E-state index in [2.05, 4.69) is 16.6 Å². The molecule has 6 nitrogen and oxygen atoms in total. The Morgan fingerprint density at radius 2 is 1.94 bits per heavy atom. The SMILES string of the molecule is CC1CCN(C(=O)C(CCc2cccc(F)c2)NS(=O)(=O)c2cccc3[nH]ccc23)CC1. The molecule has 0 aliphatic carbocycles. The van der Waals surface area contributed by atoms with Crippen LogP contribution in [0, 0.1) is 11.7 Å². The molecule has 0 spiro atoms. The van der Waals surface area contributed by atoms with Crippen molar-refractivity contribution in [2.45, 2.75) is 43.5 Å². The van der Waals surface area contributed by atoms with E-state index in [9.17, 15) is 17.6 Å². The van der Waals surface area contributed by atoms with Crippen molar-refractivity contribution in [1.29, 1.82) is 0 Å². The molecule has 1 aliphatic heterocycles. The zero-order valence-corrected chi connectivity index (χ0v) is 18.9. The normalized spacial score (nSPS) is 16.4. The molecule has 1 fully saturated rings. The summed E-state index contributed by atoms with van der Waals surface area (Å²) in [7, 11) is -3.95. The molecule has 32 heavy (non-hydrogen) atoms. The highest BCUT2D eigenvalue weighted by molar-refractivity contribution is 7.89. The number of piperidine rings is 1. The van der Waals surface area contributed by atoms with Crippen molar-refractivity contribution >= 4 is 26.8 Å². The number of aromatic nitrogens is 1. The van der Waals surface area contributed by atoms with Crippen LogP contribution in [0.1, 0.15) is 31.7 Å². The molecule has 170 valence electrons. The average Bonchev–Trinajstić information content (AvgIpc) is 3.25. The number of carbonyl (C=O) groups excluding carboxylic acids is 1. The third kappa shape index (κ3) is 5.02. The Bertz CT molecular complexity index is 1200. The van der Waals surface area contributed by atoms with Gasteiger partial charge in [-0.05, 0) is 67.5 Å². The zero-order valence-electron chi connectivity index (χ0n) is 18.1. The second-order valence-corrected chi connectivity index (χ2v) is 10.2. The van der Waals surface area contributed by atoms with Crippen LogP contribution < -0.4 is 4.72 Å². The molecule has 1 aliphatic rings. The van der Waals surface area contributed by atoms with E-state index in [1.807, 2.05) is 0 Å². The minimum absolute atomic E-state index is 0.132. The number of amides is 1. The molecule has 8 heteroatoms. The number of rotatable bonds is 7. The first-order valence-corrected chi connectivity index (χ1v) is 12.4. The predicted octanol–water partition coefficient (Wildman–Crippen LogP) is 3.85. The van der Waals surface area contributed by atoms with Gasteiger partial charge in [-0.3, -0.25) is 4.79 Å². The number of aromatic amines is 1. The van der Waals surface area contributed by atoms with Gasteiger partial charge in [-0.2, -0.15) is 4.72 Å². The topological polar surface area (TPSA) is 82.3 Å². The van der Waals surface area contributed by atoms with E-state index in [4.69, 9.17) is 0 Å². The van der Waals surface area contributed by atoms with Crippen molar-refractivity contribution in [3.05, 3.63) is 66.1 Å². The van der Waals surface area contributed by atoms with E-state index in [1.165, 1.54) is 18.2 Å². The standard InChI is InChI=1S/C24H28FN3O3S/c1-17-11-14-28(15-12-17)24(29)22(9-8-18-4-2-5-19(25)16-18)27-32(30,31)23-7-3-6-21-20(23)10-13-26-21/h2-7,10,13,16-17,22,26-27H,8-9,11-12,14-15H2,1H3. The van der Waals surface area contributed by atoms with Gasteiger partial charge in [0.1, 0.15) is 11.9 Å². The number of fused-ring (bicyclic) bond motifs is 1. The highest BCUT2D eigenvalue weighted by Crippen LogP contribution is 2.24. The van der Waals surface area contributed by atoms with Gasteiger partial charge in [0.05, 0.1) is 4.90 Å². The molecule has 2 aromatic carbocycles. The first kappa shape index (κ1) is 22.5. The number of carbonyl (C=O) groups is 1. The first-order valence-electron chi connectivity index (χ1n) is 10.9. The lowest BCUT2D eigenvalue weighted by atomic mass is 9.98. The molecule has 2 heterocycles. The Hall–Kier alpha value is -2.71. The number of aryl methyl sites for hydroxylation is 1. The van der Waals surface area contributed by atoms with Crippen LogP contribution in [-0.4, -0.2) is 43.3 Å². The van der Waals surface area contributed by atoms with Gasteiger partial charge in [0.2, 0.25) is 15.9 Å². The van der Waals surface area contributed by atoms with Gasteiger partial charge in [0.15, 0.2) is 0 Å². The lowest BCUT2D eigenvalue weighted by Gasteiger charge is -2.33. The van der Waals surface area contributed by atoms with E-state index < -0.39 is 16.1 Å². The molecule has 0 radical (unpaired) electrons. The second kappa shape index (κ2) is 9.42. The van der Waals surface area contributed by atoms with E-state index in [1.54, 1.807) is 41.4 Å². The van der Waals surface area contributed by atoms with E-state index >= 15 is 0 Å². The van der Waals surface area contributed by atoms with Gasteiger partial charge in [0, 0.05) is 30.2 Å². The average molecular weight is 458 g/mol. The lowest BCUT2D eigenvalue weighted by molar-refractivity contribution is -0.134. The molecular formula is C24H28FN3O3S. The molecule has 1 atom stereocenters. The lowest BCUT2D eigenvalue weighted by Crippen LogP contribution is -2.50. The van der Waals surface area contributed by atoms with Crippen LogP contribution in [-0.2, 0) is 21.2 Å². The highest BCUT2D eigenvalue weighted by Gasteiger charge is 2.31. The Balaban J connectivity index is 1.59. The van der Waals surface area contributed by atoms with Crippen molar-refractivity contribution in [2.24, 2.45) is 5.92 Å². The van der Waals surface area contributed by atoms with Gasteiger partial charge in [-0.25, -0.2) is 12.8 Å². The van der Waals surface area contributed by atoms with Gasteiger partial charge in [-0.1, -0.05) is 25.1 Å². The third-order valence-corrected chi connectivity index (χ3v) is 7.68. The zero-order chi connectivity index (χ0) is 22.7. The molecular weight excluding hydrogens is 429 g/mol. The number of hydrogen-bond donors (Lipinski definition) is 2. The molecule has 2 N–H and O–H groups in total. The third-order valence-electron chi connectivity index (χ3n) is 6.15. The maximum absolute atomic E-state index is 13.6. The van der Waals surface area contributed by atoms with Crippen LogP contribution in [0.15, 0.2) is 59.6 Å². The highest BCUT2D eigenvalue weighted by atomic mass is 32.2. The Labute approximate surface area is 187 Å². The molecule has 4 rings (SSSR count). The fourth-order valence-corrected chi connectivity index (χ4v) is 5.67. The summed E-state index contributed by atoms with van der Waals surface area (Å²) in [6.07, 6.45) is 4.12. The minimum Gasteiger partial charge on any atom is -0.361 e. The second-order valence-electron chi connectivity index (χ2n) is 8.55. The smallest absolute Gasteiger partial charge is 0.241 e.